The Labute approximate surface area is 295 Å². The number of ether oxygens (including phenoxy) is 1. The summed E-state index contributed by atoms with van der Waals surface area (Å²) in [5, 5.41) is 23.2. The fraction of sp³-hybridized carbons (Fsp3) is 0.125. The van der Waals surface area contributed by atoms with Crippen molar-refractivity contribution in [3.63, 3.8) is 0 Å². The first-order valence-electron chi connectivity index (χ1n) is 16.5. The molecule has 10 nitrogen and oxygen atoms in total. The number of aromatic nitrogens is 3. The number of fused-ring (bicyclic) bond motifs is 3. The van der Waals surface area contributed by atoms with E-state index in [4.69, 9.17) is 13.6 Å². The lowest BCUT2D eigenvalue weighted by Gasteiger charge is -2.17. The molecule has 8 rings (SSSR count). The first kappa shape index (κ1) is 32.7. The molecule has 0 aliphatic heterocycles. The third-order valence-corrected chi connectivity index (χ3v) is 8.96. The van der Waals surface area contributed by atoms with Crippen LogP contribution in [0.4, 0.5) is 14.5 Å². The van der Waals surface area contributed by atoms with Gasteiger partial charge in [-0.2, -0.15) is 5.10 Å². The molecule has 0 aliphatic rings. The van der Waals surface area contributed by atoms with E-state index in [0.29, 0.717) is 44.7 Å². The largest absolute Gasteiger partial charge is 0.496 e. The Morgan fingerprint density at radius 1 is 0.923 bits per heavy atom. The molecule has 8 aromatic rings. The van der Waals surface area contributed by atoms with E-state index in [1.165, 1.54) is 32.4 Å². The lowest BCUT2D eigenvalue weighted by atomic mass is 9.96. The summed E-state index contributed by atoms with van der Waals surface area (Å²) in [4.78, 5) is 17.8. The summed E-state index contributed by atoms with van der Waals surface area (Å²) in [6.45, 7) is 0.364. The molecule has 0 saturated carbocycles. The van der Waals surface area contributed by atoms with Crippen LogP contribution in [0, 0.1) is 11.6 Å². The average molecular weight is 700 g/mol. The Kier molecular flexibility index (Phi) is 8.36. The van der Waals surface area contributed by atoms with Gasteiger partial charge in [0.05, 0.1) is 42.6 Å². The summed E-state index contributed by atoms with van der Waals surface area (Å²) in [5.74, 6) is -0.457. The maximum Gasteiger partial charge on any atom is 0.255 e. The Bertz CT molecular complexity index is 2610. The molecule has 12 heteroatoms. The molecule has 0 aliphatic carbocycles. The molecule has 0 saturated heterocycles. The number of para-hydroxylation sites is 2. The van der Waals surface area contributed by atoms with E-state index in [0.717, 1.165) is 10.9 Å². The minimum atomic E-state index is -0.847. The van der Waals surface area contributed by atoms with E-state index in [9.17, 15) is 18.7 Å². The van der Waals surface area contributed by atoms with Gasteiger partial charge in [-0.15, -0.1) is 0 Å². The molecule has 0 fully saturated rings. The van der Waals surface area contributed by atoms with Gasteiger partial charge < -0.3 is 29.3 Å². The van der Waals surface area contributed by atoms with Gasteiger partial charge in [-0.3, -0.25) is 9.48 Å². The number of hydrogen-bond acceptors (Lipinski definition) is 8. The van der Waals surface area contributed by atoms with Gasteiger partial charge in [0, 0.05) is 47.2 Å². The number of rotatable bonds is 10. The van der Waals surface area contributed by atoms with Crippen molar-refractivity contribution in [1.29, 1.82) is 0 Å². The van der Waals surface area contributed by atoms with Crippen LogP contribution in [-0.2, 0) is 6.54 Å². The third kappa shape index (κ3) is 5.88. The maximum absolute atomic E-state index is 14.6. The molecule has 3 aromatic heterocycles. The van der Waals surface area contributed by atoms with Gasteiger partial charge in [0.1, 0.15) is 28.4 Å². The van der Waals surface area contributed by atoms with Crippen molar-refractivity contribution in [2.45, 2.75) is 12.6 Å². The van der Waals surface area contributed by atoms with E-state index in [1.807, 2.05) is 36.4 Å². The number of furan rings is 1. The monoisotopic (exact) mass is 699 g/mol. The number of hydrogen-bond donors (Lipinski definition) is 3. The Morgan fingerprint density at radius 3 is 2.52 bits per heavy atom. The van der Waals surface area contributed by atoms with E-state index in [-0.39, 0.29) is 41.4 Å². The van der Waals surface area contributed by atoms with Crippen molar-refractivity contribution in [3.05, 3.63) is 120 Å². The first-order valence-corrected chi connectivity index (χ1v) is 16.5. The van der Waals surface area contributed by atoms with Crippen molar-refractivity contribution in [2.75, 3.05) is 26.0 Å². The van der Waals surface area contributed by atoms with Crippen molar-refractivity contribution in [1.82, 2.24) is 20.1 Å². The number of benzene rings is 5. The second-order valence-corrected chi connectivity index (χ2v) is 12.2. The van der Waals surface area contributed by atoms with Gasteiger partial charge >= 0.3 is 0 Å². The van der Waals surface area contributed by atoms with Crippen LogP contribution in [0.25, 0.3) is 66.9 Å². The second-order valence-electron chi connectivity index (χ2n) is 12.2. The molecule has 0 bridgehead atoms. The zero-order valence-electron chi connectivity index (χ0n) is 28.0. The fourth-order valence-electron chi connectivity index (χ4n) is 6.42. The standard InChI is InChI=1S/C40H31F2N5O5/c1-43-39(49)36-28-17-27(23-12-15-33(50-2)29(16-23)40-46-37-30(42)7-5-9-34(37)52-40)31(18-35(28)51-38(36)22-10-13-25(41)14-11-22)44-20-26(48)21-47-32-8-4-3-6-24(32)19-45-47/h3-19,26,44,48H,20-21H2,1-2H3,(H,43,49). The molecule has 1 amide bonds. The number of halogens is 2. The predicted octanol–water partition coefficient (Wildman–Crippen LogP) is 8.04. The number of carbonyl (C=O) groups is 1. The van der Waals surface area contributed by atoms with Crippen LogP contribution in [0.15, 0.2) is 112 Å². The fourth-order valence-corrected chi connectivity index (χ4v) is 6.42. The lowest BCUT2D eigenvalue weighted by molar-refractivity contribution is 0.0964. The highest BCUT2D eigenvalue weighted by atomic mass is 19.1. The quantitative estimate of drug-likeness (QED) is 0.131. The van der Waals surface area contributed by atoms with E-state index < -0.39 is 23.6 Å². The number of aliphatic hydroxyl groups is 1. The highest BCUT2D eigenvalue weighted by molar-refractivity contribution is 6.13. The molecule has 3 heterocycles. The van der Waals surface area contributed by atoms with Gasteiger partial charge in [0.25, 0.3) is 5.91 Å². The van der Waals surface area contributed by atoms with Gasteiger partial charge in [0.15, 0.2) is 11.4 Å². The zero-order valence-corrected chi connectivity index (χ0v) is 28.0. The summed E-state index contributed by atoms with van der Waals surface area (Å²) >= 11 is 0. The number of amides is 1. The normalized spacial score (nSPS) is 12.1. The van der Waals surface area contributed by atoms with E-state index in [2.05, 4.69) is 20.7 Å². The van der Waals surface area contributed by atoms with Crippen LogP contribution < -0.4 is 15.4 Å². The molecule has 0 radical (unpaired) electrons. The minimum absolute atomic E-state index is 0.0922. The highest BCUT2D eigenvalue weighted by Gasteiger charge is 2.25. The molecule has 52 heavy (non-hydrogen) atoms. The Hall–Kier alpha value is -6.53. The first-order chi connectivity index (χ1) is 25.3. The lowest BCUT2D eigenvalue weighted by Crippen LogP contribution is -2.25. The van der Waals surface area contributed by atoms with Crippen molar-refractivity contribution >= 4 is 44.6 Å². The number of carbonyl (C=O) groups excluding carboxylic acids is 1. The van der Waals surface area contributed by atoms with Crippen LogP contribution in [0.3, 0.4) is 0 Å². The smallest absolute Gasteiger partial charge is 0.255 e. The van der Waals surface area contributed by atoms with Gasteiger partial charge in [-0.25, -0.2) is 13.8 Å². The Morgan fingerprint density at radius 2 is 1.73 bits per heavy atom. The number of anilines is 1. The number of nitrogens with zero attached hydrogens (tertiary/aromatic N) is 3. The van der Waals surface area contributed by atoms with Crippen molar-refractivity contribution in [3.8, 4) is 39.7 Å². The maximum atomic E-state index is 14.6. The third-order valence-electron chi connectivity index (χ3n) is 8.96. The van der Waals surface area contributed by atoms with E-state index >= 15 is 0 Å². The van der Waals surface area contributed by atoms with Crippen LogP contribution >= 0.6 is 0 Å². The number of oxazole rings is 1. The van der Waals surface area contributed by atoms with Crippen molar-refractivity contribution in [2.24, 2.45) is 0 Å². The number of nitrogens with one attached hydrogen (secondary N) is 2. The van der Waals surface area contributed by atoms with Gasteiger partial charge in [-0.05, 0) is 66.2 Å². The summed E-state index contributed by atoms with van der Waals surface area (Å²) in [6.07, 6.45) is 0.911. The van der Waals surface area contributed by atoms with Crippen LogP contribution in [0.2, 0.25) is 0 Å². The van der Waals surface area contributed by atoms with Gasteiger partial charge in [0.2, 0.25) is 5.89 Å². The van der Waals surface area contributed by atoms with Crippen LogP contribution in [-0.4, -0.2) is 52.6 Å². The number of methoxy groups -OCH3 is 1. The van der Waals surface area contributed by atoms with Crippen LogP contribution in [0.1, 0.15) is 10.4 Å². The summed E-state index contributed by atoms with van der Waals surface area (Å²) < 4.78 is 48.2. The summed E-state index contributed by atoms with van der Waals surface area (Å²) in [7, 11) is 3.04. The predicted molar refractivity (Wildman–Crippen MR) is 194 cm³/mol. The minimum Gasteiger partial charge on any atom is -0.496 e. The SMILES string of the molecule is CNC(=O)c1c(-c2ccc(F)cc2)oc2cc(NCC(O)Cn3ncc4ccccc43)c(-c3ccc(OC)c(-c4nc5c(F)cccc5o4)c3)cc12. The molecule has 3 N–H and O–H groups in total. The van der Waals surface area contributed by atoms with Gasteiger partial charge in [-0.1, -0.05) is 30.3 Å². The van der Waals surface area contributed by atoms with E-state index in [1.54, 1.807) is 53.3 Å². The average Bonchev–Trinajstić information content (AvgIpc) is 3.89. The van der Waals surface area contributed by atoms with Crippen LogP contribution in [0.5, 0.6) is 5.75 Å². The van der Waals surface area contributed by atoms with Crippen molar-refractivity contribution < 1.29 is 32.3 Å². The second kappa shape index (κ2) is 13.3. The molecule has 1 atom stereocenters. The zero-order chi connectivity index (χ0) is 35.9. The molecule has 260 valence electrons. The molecular formula is C40H31F2N5O5. The topological polar surface area (TPSA) is 128 Å². The number of aliphatic hydroxyl groups excluding tert-OH is 1. The molecule has 1 unspecified atom stereocenters. The summed E-state index contributed by atoms with van der Waals surface area (Å²) in [6, 6.07) is 26.9. The molecule has 0 spiro atoms. The highest BCUT2D eigenvalue weighted by Crippen LogP contribution is 2.42. The summed E-state index contributed by atoms with van der Waals surface area (Å²) in [5.41, 5.74) is 4.82. The Balaban J connectivity index is 1.25. The molecule has 5 aromatic carbocycles. The molecular weight excluding hydrogens is 668 g/mol.